The third-order valence-corrected chi connectivity index (χ3v) is 4.72. The monoisotopic (exact) mass is 382 g/mol. The minimum atomic E-state index is -0.224. The summed E-state index contributed by atoms with van der Waals surface area (Å²) in [5.74, 6) is 2.31. The summed E-state index contributed by atoms with van der Waals surface area (Å²) in [4.78, 5) is 12.1. The molecule has 1 aliphatic heterocycles. The van der Waals surface area contributed by atoms with E-state index in [1.165, 1.54) is 6.42 Å². The molecular weight excluding hydrogens is 364 g/mol. The van der Waals surface area contributed by atoms with Crippen molar-refractivity contribution < 1.29 is 9.53 Å². The van der Waals surface area contributed by atoms with Crippen molar-refractivity contribution in [1.29, 1.82) is 0 Å². The Bertz CT molecular complexity index is 936. The summed E-state index contributed by atoms with van der Waals surface area (Å²) in [6.45, 7) is 0.888. The molecular formula is C20H19ClN4O2. The van der Waals surface area contributed by atoms with Crippen molar-refractivity contribution >= 4 is 23.2 Å². The van der Waals surface area contributed by atoms with Crippen LogP contribution in [0.15, 0.2) is 48.5 Å². The van der Waals surface area contributed by atoms with Crippen LogP contribution in [0.1, 0.15) is 18.7 Å². The fourth-order valence-electron chi connectivity index (χ4n) is 3.10. The first kappa shape index (κ1) is 17.5. The zero-order chi connectivity index (χ0) is 18.6. The van der Waals surface area contributed by atoms with Gasteiger partial charge in [0.1, 0.15) is 11.6 Å². The van der Waals surface area contributed by atoms with Gasteiger partial charge in [-0.25, -0.2) is 0 Å². The molecule has 1 amide bonds. The number of halogens is 1. The van der Waals surface area contributed by atoms with Gasteiger partial charge in [-0.2, -0.15) is 0 Å². The van der Waals surface area contributed by atoms with E-state index in [9.17, 15) is 4.79 Å². The lowest BCUT2D eigenvalue weighted by Gasteiger charge is -2.14. The highest BCUT2D eigenvalue weighted by molar-refractivity contribution is 6.30. The fraction of sp³-hybridized carbons (Fsp3) is 0.250. The van der Waals surface area contributed by atoms with Crippen LogP contribution in [0, 0.1) is 0 Å². The van der Waals surface area contributed by atoms with Crippen LogP contribution in [0.4, 0.5) is 5.69 Å². The van der Waals surface area contributed by atoms with Crippen molar-refractivity contribution in [3.63, 3.8) is 0 Å². The molecule has 1 aromatic heterocycles. The van der Waals surface area contributed by atoms with Gasteiger partial charge in [-0.15, -0.1) is 10.2 Å². The zero-order valence-corrected chi connectivity index (χ0v) is 15.4. The first-order chi connectivity index (χ1) is 13.2. The third-order valence-electron chi connectivity index (χ3n) is 4.47. The lowest BCUT2D eigenvalue weighted by Crippen LogP contribution is -2.20. The van der Waals surface area contributed by atoms with Gasteiger partial charge in [0.15, 0.2) is 12.4 Å². The highest BCUT2D eigenvalue weighted by atomic mass is 35.5. The van der Waals surface area contributed by atoms with Crippen molar-refractivity contribution in [3.05, 3.63) is 59.4 Å². The van der Waals surface area contributed by atoms with Gasteiger partial charge < -0.3 is 14.6 Å². The second kappa shape index (κ2) is 7.80. The first-order valence-electron chi connectivity index (χ1n) is 8.90. The number of anilines is 1. The quantitative estimate of drug-likeness (QED) is 0.725. The Labute approximate surface area is 162 Å². The number of hydrogen-bond donors (Lipinski definition) is 1. The Morgan fingerprint density at radius 1 is 1.07 bits per heavy atom. The number of carbonyl (C=O) groups is 1. The van der Waals surface area contributed by atoms with Crippen molar-refractivity contribution in [3.8, 4) is 17.1 Å². The lowest BCUT2D eigenvalue weighted by atomic mass is 10.1. The van der Waals surface area contributed by atoms with Crippen LogP contribution >= 0.6 is 11.6 Å². The zero-order valence-electron chi connectivity index (χ0n) is 14.7. The molecule has 138 valence electrons. The maximum Gasteiger partial charge on any atom is 0.262 e. The highest BCUT2D eigenvalue weighted by Crippen LogP contribution is 2.24. The summed E-state index contributed by atoms with van der Waals surface area (Å²) >= 11 is 5.83. The number of rotatable bonds is 5. The van der Waals surface area contributed by atoms with Crippen molar-refractivity contribution in [1.82, 2.24) is 14.8 Å². The maximum atomic E-state index is 12.1. The molecule has 0 radical (unpaired) electrons. The Hall–Kier alpha value is -2.86. The van der Waals surface area contributed by atoms with Gasteiger partial charge in [-0.1, -0.05) is 11.6 Å². The van der Waals surface area contributed by atoms with E-state index in [1.54, 1.807) is 24.3 Å². The average Bonchev–Trinajstić information content (AvgIpc) is 3.12. The predicted molar refractivity (Wildman–Crippen MR) is 104 cm³/mol. The van der Waals surface area contributed by atoms with E-state index < -0.39 is 0 Å². The second-order valence-corrected chi connectivity index (χ2v) is 6.85. The molecule has 2 aromatic carbocycles. The van der Waals surface area contributed by atoms with Crippen LogP contribution in [0.25, 0.3) is 11.4 Å². The number of ether oxygens (including phenoxy) is 1. The van der Waals surface area contributed by atoms with Gasteiger partial charge in [0.2, 0.25) is 0 Å². The van der Waals surface area contributed by atoms with Crippen LogP contribution in [-0.2, 0) is 17.8 Å². The van der Waals surface area contributed by atoms with Crippen LogP contribution in [-0.4, -0.2) is 27.3 Å². The van der Waals surface area contributed by atoms with Crippen LogP contribution in [0.5, 0.6) is 5.75 Å². The Morgan fingerprint density at radius 3 is 2.63 bits per heavy atom. The minimum Gasteiger partial charge on any atom is -0.484 e. The molecule has 4 rings (SSSR count). The van der Waals surface area contributed by atoms with Gasteiger partial charge in [0.25, 0.3) is 5.91 Å². The Balaban J connectivity index is 1.37. The molecule has 0 atom stereocenters. The number of carbonyl (C=O) groups excluding carboxylic acids is 1. The molecule has 1 N–H and O–H groups in total. The molecule has 1 aliphatic rings. The van der Waals surface area contributed by atoms with E-state index in [0.29, 0.717) is 16.5 Å². The lowest BCUT2D eigenvalue weighted by molar-refractivity contribution is -0.118. The number of amides is 1. The average molecular weight is 383 g/mol. The molecule has 2 heterocycles. The van der Waals surface area contributed by atoms with Gasteiger partial charge in [-0.05, 0) is 61.4 Å². The van der Waals surface area contributed by atoms with Crippen LogP contribution < -0.4 is 10.1 Å². The number of benzene rings is 2. The van der Waals surface area contributed by atoms with E-state index in [0.717, 1.165) is 36.6 Å². The van der Waals surface area contributed by atoms with Crippen LogP contribution in [0.3, 0.4) is 0 Å². The molecule has 0 unspecified atom stereocenters. The second-order valence-electron chi connectivity index (χ2n) is 6.42. The third kappa shape index (κ3) is 4.11. The number of fused-ring (bicyclic) bond motifs is 1. The molecule has 0 aliphatic carbocycles. The van der Waals surface area contributed by atoms with E-state index in [2.05, 4.69) is 20.1 Å². The molecule has 6 nitrogen and oxygen atoms in total. The molecule has 7 heteroatoms. The molecule has 0 saturated carbocycles. The summed E-state index contributed by atoms with van der Waals surface area (Å²) in [5.41, 5.74) is 1.70. The van der Waals surface area contributed by atoms with Crippen LogP contribution in [0.2, 0.25) is 5.02 Å². The summed E-state index contributed by atoms with van der Waals surface area (Å²) < 4.78 is 7.63. The normalized spacial score (nSPS) is 13.1. The standard InChI is InChI=1S/C20H19ClN4O2/c21-15-6-10-17(11-7-15)27-13-19(26)22-16-8-4-14(5-9-16)20-24-23-18-3-1-2-12-25(18)20/h4-11H,1-3,12-13H2,(H,22,26). The summed E-state index contributed by atoms with van der Waals surface area (Å²) in [6.07, 6.45) is 3.30. The maximum absolute atomic E-state index is 12.1. The van der Waals surface area contributed by atoms with Gasteiger partial charge in [0.05, 0.1) is 0 Å². The van der Waals surface area contributed by atoms with E-state index in [1.807, 2.05) is 24.3 Å². The largest absolute Gasteiger partial charge is 0.484 e. The molecule has 0 fully saturated rings. The number of aromatic nitrogens is 3. The van der Waals surface area contributed by atoms with Crippen molar-refractivity contribution in [2.75, 3.05) is 11.9 Å². The van der Waals surface area contributed by atoms with Gasteiger partial charge in [0, 0.05) is 29.2 Å². The fourth-order valence-corrected chi connectivity index (χ4v) is 3.23. The van der Waals surface area contributed by atoms with E-state index >= 15 is 0 Å². The minimum absolute atomic E-state index is 0.0684. The first-order valence-corrected chi connectivity index (χ1v) is 9.27. The van der Waals surface area contributed by atoms with Gasteiger partial charge >= 0.3 is 0 Å². The molecule has 0 spiro atoms. The molecule has 0 saturated heterocycles. The topological polar surface area (TPSA) is 69.0 Å². The van der Waals surface area contributed by atoms with Crippen molar-refractivity contribution in [2.45, 2.75) is 25.8 Å². The number of hydrogen-bond acceptors (Lipinski definition) is 4. The predicted octanol–water partition coefficient (Wildman–Crippen LogP) is 3.95. The molecule has 0 bridgehead atoms. The Morgan fingerprint density at radius 2 is 1.85 bits per heavy atom. The molecule has 27 heavy (non-hydrogen) atoms. The summed E-state index contributed by atoms with van der Waals surface area (Å²) in [7, 11) is 0. The Kier molecular flexibility index (Phi) is 5.07. The van der Waals surface area contributed by atoms with E-state index in [-0.39, 0.29) is 12.5 Å². The van der Waals surface area contributed by atoms with E-state index in [4.69, 9.17) is 16.3 Å². The number of aryl methyl sites for hydroxylation is 1. The van der Waals surface area contributed by atoms with Gasteiger partial charge in [-0.3, -0.25) is 4.79 Å². The summed E-state index contributed by atoms with van der Waals surface area (Å²) in [6, 6.07) is 14.5. The SMILES string of the molecule is O=C(COc1ccc(Cl)cc1)Nc1ccc(-c2nnc3n2CCCC3)cc1. The summed E-state index contributed by atoms with van der Waals surface area (Å²) in [5, 5.41) is 12.1. The number of nitrogens with one attached hydrogen (secondary N) is 1. The smallest absolute Gasteiger partial charge is 0.262 e. The number of nitrogens with zero attached hydrogens (tertiary/aromatic N) is 3. The highest BCUT2D eigenvalue weighted by Gasteiger charge is 2.16. The van der Waals surface area contributed by atoms with Crippen molar-refractivity contribution in [2.24, 2.45) is 0 Å². The molecule has 3 aromatic rings.